The highest BCUT2D eigenvalue weighted by molar-refractivity contribution is 6.10. The molecule has 0 bridgehead atoms. The Hall–Kier alpha value is -3.80. The van der Waals surface area contributed by atoms with Gasteiger partial charge in [0.05, 0.1) is 24.0 Å². The number of benzene rings is 3. The van der Waals surface area contributed by atoms with Crippen LogP contribution in [0.15, 0.2) is 66.7 Å². The number of hydrogen-bond acceptors (Lipinski definition) is 3. The predicted molar refractivity (Wildman–Crippen MR) is 109 cm³/mol. The van der Waals surface area contributed by atoms with E-state index >= 15 is 0 Å². The van der Waals surface area contributed by atoms with Gasteiger partial charge in [-0.15, -0.1) is 0 Å². The molecule has 0 fully saturated rings. The van der Waals surface area contributed by atoms with Crippen LogP contribution in [0, 0.1) is 0 Å². The van der Waals surface area contributed by atoms with E-state index in [4.69, 9.17) is 4.74 Å². The predicted octanol–water partition coefficient (Wildman–Crippen LogP) is 4.25. The van der Waals surface area contributed by atoms with Gasteiger partial charge in [0, 0.05) is 6.54 Å². The average Bonchev–Trinajstić information content (AvgIpc) is 3.11. The second-order valence-electron chi connectivity index (χ2n) is 6.34. The van der Waals surface area contributed by atoms with E-state index in [0.717, 1.165) is 16.7 Å². The highest BCUT2D eigenvalue weighted by Crippen LogP contribution is 2.34. The van der Waals surface area contributed by atoms with Crippen molar-refractivity contribution >= 4 is 23.3 Å². The van der Waals surface area contributed by atoms with Gasteiger partial charge in [0.1, 0.15) is 5.75 Å². The van der Waals surface area contributed by atoms with E-state index in [9.17, 15) is 9.59 Å². The molecule has 0 saturated carbocycles. The summed E-state index contributed by atoms with van der Waals surface area (Å²) in [5, 5.41) is 8.39. The SMILES string of the molecule is COc1ccccc1NC(=O)Nc1ccc(-c2ccccc2)c2c1C(=O)NC2. The van der Waals surface area contributed by atoms with Crippen LogP contribution in [0.1, 0.15) is 15.9 Å². The molecule has 0 radical (unpaired) electrons. The molecule has 0 spiro atoms. The molecule has 3 aromatic carbocycles. The molecule has 3 N–H and O–H groups in total. The number of nitrogens with one attached hydrogen (secondary N) is 3. The number of carbonyl (C=O) groups excluding carboxylic acids is 2. The maximum absolute atomic E-state index is 12.5. The lowest BCUT2D eigenvalue weighted by molar-refractivity contribution is 0.0966. The fraction of sp³-hybridized carbons (Fsp3) is 0.0909. The van der Waals surface area contributed by atoms with Crippen molar-refractivity contribution in [3.8, 4) is 16.9 Å². The van der Waals surface area contributed by atoms with Gasteiger partial charge < -0.3 is 20.7 Å². The molecule has 6 nitrogen and oxygen atoms in total. The van der Waals surface area contributed by atoms with E-state index in [1.54, 1.807) is 24.3 Å². The number of amides is 3. The Bertz CT molecular complexity index is 1050. The minimum atomic E-state index is -0.445. The summed E-state index contributed by atoms with van der Waals surface area (Å²) in [5.74, 6) is 0.362. The second-order valence-corrected chi connectivity index (χ2v) is 6.34. The fourth-order valence-corrected chi connectivity index (χ4v) is 3.36. The lowest BCUT2D eigenvalue weighted by Crippen LogP contribution is -2.22. The quantitative estimate of drug-likeness (QED) is 0.640. The highest BCUT2D eigenvalue weighted by atomic mass is 16.5. The van der Waals surface area contributed by atoms with Gasteiger partial charge in [-0.05, 0) is 34.9 Å². The Kier molecular flexibility index (Phi) is 4.68. The van der Waals surface area contributed by atoms with Gasteiger partial charge in [-0.1, -0.05) is 48.5 Å². The van der Waals surface area contributed by atoms with Crippen LogP contribution in [0.25, 0.3) is 11.1 Å². The van der Waals surface area contributed by atoms with Crippen molar-refractivity contribution < 1.29 is 14.3 Å². The number of para-hydroxylation sites is 2. The van der Waals surface area contributed by atoms with Crippen molar-refractivity contribution in [3.05, 3.63) is 77.9 Å². The third kappa shape index (κ3) is 3.27. The molecule has 28 heavy (non-hydrogen) atoms. The Morgan fingerprint density at radius 1 is 0.929 bits per heavy atom. The van der Waals surface area contributed by atoms with Gasteiger partial charge in [0.15, 0.2) is 0 Å². The van der Waals surface area contributed by atoms with Crippen LogP contribution in [0.5, 0.6) is 5.75 Å². The number of fused-ring (bicyclic) bond motifs is 1. The monoisotopic (exact) mass is 373 g/mol. The Balaban J connectivity index is 1.63. The van der Waals surface area contributed by atoms with E-state index < -0.39 is 6.03 Å². The number of hydrogen-bond donors (Lipinski definition) is 3. The molecule has 0 saturated heterocycles. The molecule has 0 aliphatic carbocycles. The average molecular weight is 373 g/mol. The molecule has 140 valence electrons. The number of carbonyl (C=O) groups is 2. The molecule has 0 atom stereocenters. The van der Waals surface area contributed by atoms with Gasteiger partial charge in [0.2, 0.25) is 0 Å². The molecule has 0 unspecified atom stereocenters. The third-order valence-corrected chi connectivity index (χ3v) is 4.65. The summed E-state index contributed by atoms with van der Waals surface area (Å²) in [7, 11) is 1.54. The van der Waals surface area contributed by atoms with E-state index in [1.807, 2.05) is 42.5 Å². The maximum Gasteiger partial charge on any atom is 0.323 e. The minimum Gasteiger partial charge on any atom is -0.495 e. The van der Waals surface area contributed by atoms with Crippen molar-refractivity contribution in [1.29, 1.82) is 0 Å². The summed E-state index contributed by atoms with van der Waals surface area (Å²) < 4.78 is 5.25. The van der Waals surface area contributed by atoms with Gasteiger partial charge >= 0.3 is 6.03 Å². The smallest absolute Gasteiger partial charge is 0.323 e. The summed E-state index contributed by atoms with van der Waals surface area (Å²) in [4.78, 5) is 24.9. The highest BCUT2D eigenvalue weighted by Gasteiger charge is 2.26. The molecule has 3 amide bonds. The van der Waals surface area contributed by atoms with Crippen LogP contribution in [0.4, 0.5) is 16.2 Å². The van der Waals surface area contributed by atoms with Gasteiger partial charge in [-0.2, -0.15) is 0 Å². The Morgan fingerprint density at radius 2 is 1.64 bits per heavy atom. The van der Waals surface area contributed by atoms with Crippen LogP contribution < -0.4 is 20.7 Å². The number of ether oxygens (including phenoxy) is 1. The minimum absolute atomic E-state index is 0.194. The van der Waals surface area contributed by atoms with E-state index in [-0.39, 0.29) is 5.91 Å². The zero-order chi connectivity index (χ0) is 19.5. The van der Waals surface area contributed by atoms with E-state index in [1.165, 1.54) is 7.11 Å². The van der Waals surface area contributed by atoms with Crippen molar-refractivity contribution in [2.75, 3.05) is 17.7 Å². The molecule has 1 aliphatic rings. The van der Waals surface area contributed by atoms with Gasteiger partial charge in [-0.25, -0.2) is 4.79 Å². The number of rotatable bonds is 4. The first-order valence-electron chi connectivity index (χ1n) is 8.88. The standard InChI is InChI=1S/C22H19N3O3/c1-28-19-10-6-5-9-17(19)24-22(27)25-18-12-11-15(14-7-3-2-4-8-14)16-13-23-21(26)20(16)18/h2-12H,13H2,1H3,(H,23,26)(H2,24,25,27). The first kappa shape index (κ1) is 17.6. The topological polar surface area (TPSA) is 79.5 Å². The molecule has 0 aromatic heterocycles. The molecule has 4 rings (SSSR count). The number of methoxy groups -OCH3 is 1. The zero-order valence-electron chi connectivity index (χ0n) is 15.3. The third-order valence-electron chi connectivity index (χ3n) is 4.65. The van der Waals surface area contributed by atoms with Crippen LogP contribution in [-0.4, -0.2) is 19.0 Å². The van der Waals surface area contributed by atoms with Gasteiger partial charge in [-0.3, -0.25) is 4.79 Å². The van der Waals surface area contributed by atoms with Crippen molar-refractivity contribution in [3.63, 3.8) is 0 Å². The summed E-state index contributed by atoms with van der Waals surface area (Å²) in [5.41, 5.74) is 4.40. The summed E-state index contributed by atoms with van der Waals surface area (Å²) in [6.45, 7) is 0.433. The number of anilines is 2. The Labute approximate surface area is 162 Å². The van der Waals surface area contributed by atoms with Crippen molar-refractivity contribution in [2.24, 2.45) is 0 Å². The second kappa shape index (κ2) is 7.44. The van der Waals surface area contributed by atoms with Gasteiger partial charge in [0.25, 0.3) is 5.91 Å². The first-order chi connectivity index (χ1) is 13.7. The molecule has 3 aromatic rings. The zero-order valence-corrected chi connectivity index (χ0v) is 15.3. The van der Waals surface area contributed by atoms with Crippen LogP contribution in [-0.2, 0) is 6.54 Å². The van der Waals surface area contributed by atoms with Crippen molar-refractivity contribution in [2.45, 2.75) is 6.54 Å². The number of urea groups is 1. The normalized spacial score (nSPS) is 12.1. The lowest BCUT2D eigenvalue weighted by atomic mass is 9.95. The molecular weight excluding hydrogens is 354 g/mol. The molecule has 6 heteroatoms. The lowest BCUT2D eigenvalue weighted by Gasteiger charge is -2.14. The summed E-state index contributed by atoms with van der Waals surface area (Å²) >= 11 is 0. The summed E-state index contributed by atoms with van der Waals surface area (Å²) in [6.07, 6.45) is 0. The van der Waals surface area contributed by atoms with Crippen molar-refractivity contribution in [1.82, 2.24) is 5.32 Å². The largest absolute Gasteiger partial charge is 0.495 e. The van der Waals surface area contributed by atoms with Crippen LogP contribution >= 0.6 is 0 Å². The van der Waals surface area contributed by atoms with E-state index in [0.29, 0.717) is 29.2 Å². The molecular formula is C22H19N3O3. The Morgan fingerprint density at radius 3 is 2.43 bits per heavy atom. The molecule has 1 heterocycles. The fourth-order valence-electron chi connectivity index (χ4n) is 3.36. The first-order valence-corrected chi connectivity index (χ1v) is 8.88. The maximum atomic E-state index is 12.5. The van der Waals surface area contributed by atoms with E-state index in [2.05, 4.69) is 16.0 Å². The van der Waals surface area contributed by atoms with Crippen LogP contribution in [0.2, 0.25) is 0 Å². The molecule has 1 aliphatic heterocycles. The van der Waals surface area contributed by atoms with Crippen LogP contribution in [0.3, 0.4) is 0 Å². The summed E-state index contributed by atoms with van der Waals surface area (Å²) in [6, 6.07) is 20.2.